The number of hydrogen-bond donors (Lipinski definition) is 2. The summed E-state index contributed by atoms with van der Waals surface area (Å²) in [6.45, 7) is 2.23. The van der Waals surface area contributed by atoms with Crippen molar-refractivity contribution in [2.24, 2.45) is 0 Å². The van der Waals surface area contributed by atoms with Gasteiger partial charge in [0.15, 0.2) is 0 Å². The Hall–Kier alpha value is -1.30. The maximum Gasteiger partial charge on any atom is 0.321 e. The number of hydrogen-bond acceptors (Lipinski definition) is 3. The van der Waals surface area contributed by atoms with E-state index in [1.807, 2.05) is 12.2 Å². The highest BCUT2D eigenvalue weighted by molar-refractivity contribution is 6.28. The highest BCUT2D eigenvalue weighted by Gasteiger charge is 2.10. The van der Waals surface area contributed by atoms with Gasteiger partial charge in [0.05, 0.1) is 6.54 Å². The van der Waals surface area contributed by atoms with Crippen LogP contribution in [-0.4, -0.2) is 48.8 Å². The van der Waals surface area contributed by atoms with Gasteiger partial charge in [0.1, 0.15) is 5.88 Å². The lowest BCUT2D eigenvalue weighted by Gasteiger charge is -2.14. The maximum atomic E-state index is 11.2. The molecular formula is C8H14ClN3O3. The summed E-state index contributed by atoms with van der Waals surface area (Å²) in [5.41, 5.74) is 0. The van der Waals surface area contributed by atoms with Gasteiger partial charge in [-0.05, 0) is 6.92 Å². The molecule has 0 unspecified atom stereocenters. The Balaban J connectivity index is 3.81. The first-order valence-corrected chi connectivity index (χ1v) is 4.92. The topological polar surface area (TPSA) is 78.5 Å². The summed E-state index contributed by atoms with van der Waals surface area (Å²) in [5, 5.41) is 4.19. The van der Waals surface area contributed by atoms with Crippen LogP contribution in [0.2, 0.25) is 0 Å². The number of rotatable bonds is 4. The maximum absolute atomic E-state index is 11.2. The van der Waals surface area contributed by atoms with Crippen LogP contribution in [0.4, 0.5) is 4.79 Å². The minimum atomic E-state index is -0.724. The quantitative estimate of drug-likeness (QED) is 0.647. The molecule has 0 saturated carbocycles. The average molecular weight is 236 g/mol. The fraction of sp³-hybridized carbons (Fsp3) is 0.625. The van der Waals surface area contributed by atoms with Crippen molar-refractivity contribution >= 4 is 29.4 Å². The van der Waals surface area contributed by atoms with Gasteiger partial charge in [-0.3, -0.25) is 14.9 Å². The molecule has 0 rings (SSSR count). The lowest BCUT2D eigenvalue weighted by atomic mass is 10.5. The smallest absolute Gasteiger partial charge is 0.321 e. The summed E-state index contributed by atoms with van der Waals surface area (Å²) < 4.78 is 0. The fourth-order valence-electron chi connectivity index (χ4n) is 0.671. The van der Waals surface area contributed by atoms with E-state index >= 15 is 0 Å². The van der Waals surface area contributed by atoms with E-state index in [9.17, 15) is 14.4 Å². The van der Waals surface area contributed by atoms with Crippen LogP contribution in [0.5, 0.6) is 0 Å². The summed E-state index contributed by atoms with van der Waals surface area (Å²) in [6, 6.07) is -0.724. The molecule has 0 aliphatic carbocycles. The molecule has 0 aliphatic rings. The van der Waals surface area contributed by atoms with Crippen molar-refractivity contribution in [3.8, 4) is 0 Å². The predicted octanol–water partition coefficient (Wildman–Crippen LogP) is -0.471. The second kappa shape index (κ2) is 7.05. The third-order valence-electron chi connectivity index (χ3n) is 1.67. The van der Waals surface area contributed by atoms with E-state index in [1.54, 1.807) is 7.05 Å². The van der Waals surface area contributed by atoms with Gasteiger partial charge in [-0.1, -0.05) is 0 Å². The van der Waals surface area contributed by atoms with E-state index in [4.69, 9.17) is 11.6 Å². The number of imide groups is 1. The van der Waals surface area contributed by atoms with Gasteiger partial charge in [0, 0.05) is 13.6 Å². The Morgan fingerprint density at radius 2 is 1.93 bits per heavy atom. The lowest BCUT2D eigenvalue weighted by Crippen LogP contribution is -2.44. The number of halogens is 1. The largest absolute Gasteiger partial charge is 0.345 e. The summed E-state index contributed by atoms with van der Waals surface area (Å²) >= 11 is 5.16. The van der Waals surface area contributed by atoms with Crippen LogP contribution in [0.25, 0.3) is 0 Å². The van der Waals surface area contributed by atoms with Crippen molar-refractivity contribution in [1.82, 2.24) is 15.5 Å². The monoisotopic (exact) mass is 235 g/mol. The number of carbonyl (C=O) groups excluding carboxylic acids is 3. The molecular weight excluding hydrogens is 222 g/mol. The molecule has 15 heavy (non-hydrogen) atoms. The minimum Gasteiger partial charge on any atom is -0.345 e. The molecule has 0 bridgehead atoms. The molecule has 0 heterocycles. The number of nitrogens with zero attached hydrogens (tertiary/aromatic N) is 1. The zero-order valence-electron chi connectivity index (χ0n) is 8.67. The summed E-state index contributed by atoms with van der Waals surface area (Å²) in [4.78, 5) is 34.3. The summed E-state index contributed by atoms with van der Waals surface area (Å²) in [7, 11) is 1.62. The van der Waals surface area contributed by atoms with Gasteiger partial charge in [0.2, 0.25) is 11.8 Å². The number of likely N-dealkylation sites (N-methyl/N-ethyl adjacent to an activating group) is 1. The summed E-state index contributed by atoms with van der Waals surface area (Å²) in [6.07, 6.45) is 0. The second-order valence-corrected chi connectivity index (χ2v) is 3.04. The zero-order chi connectivity index (χ0) is 11.8. The van der Waals surface area contributed by atoms with Gasteiger partial charge < -0.3 is 10.2 Å². The third kappa shape index (κ3) is 5.90. The molecule has 0 fully saturated rings. The Bertz CT molecular complexity index is 258. The van der Waals surface area contributed by atoms with Crippen molar-refractivity contribution in [1.29, 1.82) is 0 Å². The molecule has 4 amide bonds. The molecule has 7 heteroatoms. The molecule has 0 atom stereocenters. The molecule has 0 aromatic heterocycles. The number of nitrogens with one attached hydrogen (secondary N) is 2. The van der Waals surface area contributed by atoms with Crippen LogP contribution in [0.3, 0.4) is 0 Å². The highest BCUT2D eigenvalue weighted by atomic mass is 35.5. The number of carbonyl (C=O) groups is 3. The number of urea groups is 1. The van der Waals surface area contributed by atoms with Crippen LogP contribution >= 0.6 is 11.6 Å². The van der Waals surface area contributed by atoms with Gasteiger partial charge >= 0.3 is 6.03 Å². The molecule has 0 spiro atoms. The highest BCUT2D eigenvalue weighted by Crippen LogP contribution is 1.81. The average Bonchev–Trinajstić information content (AvgIpc) is 2.24. The van der Waals surface area contributed by atoms with Gasteiger partial charge in [-0.15, -0.1) is 11.6 Å². The number of amides is 4. The second-order valence-electron chi connectivity index (χ2n) is 2.77. The van der Waals surface area contributed by atoms with Crippen molar-refractivity contribution in [3.63, 3.8) is 0 Å². The first-order valence-electron chi connectivity index (χ1n) is 4.38. The van der Waals surface area contributed by atoms with E-state index in [1.165, 1.54) is 4.90 Å². The Kier molecular flexibility index (Phi) is 6.44. The van der Waals surface area contributed by atoms with E-state index in [-0.39, 0.29) is 18.3 Å². The normalized spacial score (nSPS) is 9.27. The first-order chi connectivity index (χ1) is 7.01. The van der Waals surface area contributed by atoms with E-state index in [0.717, 1.165) is 0 Å². The van der Waals surface area contributed by atoms with Crippen LogP contribution < -0.4 is 10.6 Å². The molecule has 0 saturated heterocycles. The van der Waals surface area contributed by atoms with Crippen molar-refractivity contribution in [2.75, 3.05) is 26.0 Å². The first kappa shape index (κ1) is 13.7. The van der Waals surface area contributed by atoms with Crippen LogP contribution in [-0.2, 0) is 9.59 Å². The van der Waals surface area contributed by atoms with Crippen molar-refractivity contribution in [3.05, 3.63) is 0 Å². The fourth-order valence-corrected chi connectivity index (χ4v) is 0.738. The Morgan fingerprint density at radius 1 is 1.33 bits per heavy atom. The van der Waals surface area contributed by atoms with Gasteiger partial charge in [-0.25, -0.2) is 4.79 Å². The van der Waals surface area contributed by atoms with Gasteiger partial charge in [-0.2, -0.15) is 0 Å². The minimum absolute atomic E-state index is 0.147. The van der Waals surface area contributed by atoms with Crippen LogP contribution in [0, 0.1) is 0 Å². The molecule has 2 N–H and O–H groups in total. The van der Waals surface area contributed by atoms with Crippen molar-refractivity contribution < 1.29 is 14.4 Å². The van der Waals surface area contributed by atoms with Crippen LogP contribution in [0.15, 0.2) is 0 Å². The molecule has 0 radical (unpaired) electrons. The van der Waals surface area contributed by atoms with Gasteiger partial charge in [0.25, 0.3) is 0 Å². The molecule has 0 aliphatic heterocycles. The number of alkyl halides is 1. The van der Waals surface area contributed by atoms with E-state index in [2.05, 4.69) is 5.32 Å². The van der Waals surface area contributed by atoms with E-state index in [0.29, 0.717) is 6.54 Å². The van der Waals surface area contributed by atoms with Crippen molar-refractivity contribution in [2.45, 2.75) is 6.92 Å². The van der Waals surface area contributed by atoms with Crippen LogP contribution in [0.1, 0.15) is 6.92 Å². The lowest BCUT2D eigenvalue weighted by molar-refractivity contribution is -0.128. The molecule has 6 nitrogen and oxygen atoms in total. The Morgan fingerprint density at radius 3 is 2.40 bits per heavy atom. The molecule has 86 valence electrons. The summed E-state index contributed by atoms with van der Waals surface area (Å²) in [5.74, 6) is -1.13. The standard InChI is InChI=1S/C8H14ClN3O3/c1-3-12(2)7(14)5-10-8(15)11-6(13)4-9/h3-5H2,1-2H3,(H2,10,11,13,15). The van der Waals surface area contributed by atoms with E-state index < -0.39 is 11.9 Å². The third-order valence-corrected chi connectivity index (χ3v) is 1.92. The molecule has 0 aromatic carbocycles. The Labute approximate surface area is 92.9 Å². The molecule has 0 aromatic rings. The SMILES string of the molecule is CCN(C)C(=O)CNC(=O)NC(=O)CCl. The predicted molar refractivity (Wildman–Crippen MR) is 55.6 cm³/mol. The zero-order valence-corrected chi connectivity index (χ0v) is 9.43.